The van der Waals surface area contributed by atoms with Crippen molar-refractivity contribution in [1.29, 1.82) is 0 Å². The Kier molecular flexibility index (Phi) is 4.57. The Hall–Kier alpha value is -2.08. The summed E-state index contributed by atoms with van der Waals surface area (Å²) in [5.74, 6) is -0.956. The maximum Gasteiger partial charge on any atom is 0.335 e. The Morgan fingerprint density at radius 3 is 2.65 bits per heavy atom. The fourth-order valence-corrected chi connectivity index (χ4v) is 2.25. The highest BCUT2D eigenvalue weighted by Crippen LogP contribution is 2.09. The van der Waals surface area contributed by atoms with Crippen LogP contribution in [-0.4, -0.2) is 41.1 Å². The molecule has 0 aliphatic carbocycles. The third-order valence-corrected chi connectivity index (χ3v) is 3.39. The molecule has 1 aromatic carbocycles. The number of carbonyl (C=O) groups excluding carboxylic acids is 1. The molecule has 1 heterocycles. The van der Waals surface area contributed by atoms with Gasteiger partial charge in [0.15, 0.2) is 0 Å². The second-order valence-electron chi connectivity index (χ2n) is 5.01. The van der Waals surface area contributed by atoms with Gasteiger partial charge in [-0.3, -0.25) is 0 Å². The molecular formula is C14H19N3O3. The second kappa shape index (κ2) is 6.38. The first-order chi connectivity index (χ1) is 9.56. The molecule has 2 amide bonds. The molecule has 1 aliphatic rings. The van der Waals surface area contributed by atoms with Crippen molar-refractivity contribution < 1.29 is 14.7 Å². The smallest absolute Gasteiger partial charge is 0.335 e. The summed E-state index contributed by atoms with van der Waals surface area (Å²) in [5.41, 5.74) is 6.94. The van der Waals surface area contributed by atoms with Gasteiger partial charge in [-0.1, -0.05) is 12.1 Å². The first-order valence-electron chi connectivity index (χ1n) is 6.67. The van der Waals surface area contributed by atoms with Crippen LogP contribution in [0.1, 0.15) is 28.8 Å². The minimum Gasteiger partial charge on any atom is -0.478 e. The molecule has 1 aliphatic heterocycles. The van der Waals surface area contributed by atoms with Crippen molar-refractivity contribution >= 4 is 12.0 Å². The number of likely N-dealkylation sites (tertiary alicyclic amines) is 1. The highest BCUT2D eigenvalue weighted by atomic mass is 16.4. The summed E-state index contributed by atoms with van der Waals surface area (Å²) in [5, 5.41) is 11.6. The lowest BCUT2D eigenvalue weighted by atomic mass is 10.1. The topological polar surface area (TPSA) is 95.7 Å². The van der Waals surface area contributed by atoms with E-state index >= 15 is 0 Å². The average molecular weight is 277 g/mol. The number of hydrogen-bond acceptors (Lipinski definition) is 3. The molecule has 1 saturated heterocycles. The van der Waals surface area contributed by atoms with E-state index in [-0.39, 0.29) is 17.6 Å². The van der Waals surface area contributed by atoms with Crippen molar-refractivity contribution in [3.05, 3.63) is 35.4 Å². The Morgan fingerprint density at radius 1 is 1.35 bits per heavy atom. The zero-order valence-corrected chi connectivity index (χ0v) is 11.2. The van der Waals surface area contributed by atoms with Crippen LogP contribution in [0.25, 0.3) is 0 Å². The van der Waals surface area contributed by atoms with Crippen molar-refractivity contribution in [1.82, 2.24) is 10.2 Å². The lowest BCUT2D eigenvalue weighted by Gasteiger charge is -2.30. The molecular weight excluding hydrogens is 258 g/mol. The lowest BCUT2D eigenvalue weighted by Crippen LogP contribution is -2.49. The highest BCUT2D eigenvalue weighted by Gasteiger charge is 2.20. The number of aromatic carboxylic acids is 1. The summed E-state index contributed by atoms with van der Waals surface area (Å²) >= 11 is 0. The molecule has 2 rings (SSSR count). The van der Waals surface area contributed by atoms with Gasteiger partial charge in [0, 0.05) is 25.7 Å². The normalized spacial score (nSPS) is 18.6. The predicted molar refractivity (Wildman–Crippen MR) is 74.4 cm³/mol. The number of nitrogens with one attached hydrogen (secondary N) is 1. The summed E-state index contributed by atoms with van der Waals surface area (Å²) in [4.78, 5) is 24.4. The van der Waals surface area contributed by atoms with E-state index in [9.17, 15) is 9.59 Å². The van der Waals surface area contributed by atoms with E-state index in [1.54, 1.807) is 17.0 Å². The van der Waals surface area contributed by atoms with E-state index in [1.165, 1.54) is 12.1 Å². The van der Waals surface area contributed by atoms with Crippen molar-refractivity contribution in [2.75, 3.05) is 13.1 Å². The van der Waals surface area contributed by atoms with Gasteiger partial charge in [-0.2, -0.15) is 0 Å². The first-order valence-corrected chi connectivity index (χ1v) is 6.67. The fraction of sp³-hybridized carbons (Fsp3) is 0.429. The average Bonchev–Trinajstić information content (AvgIpc) is 2.45. The number of nitrogens with two attached hydrogens (primary N) is 1. The van der Waals surface area contributed by atoms with Crippen LogP contribution in [0.5, 0.6) is 0 Å². The van der Waals surface area contributed by atoms with Gasteiger partial charge in [0.05, 0.1) is 5.56 Å². The van der Waals surface area contributed by atoms with Crippen LogP contribution in [0.3, 0.4) is 0 Å². The molecule has 1 aromatic rings. The summed E-state index contributed by atoms with van der Waals surface area (Å²) < 4.78 is 0. The van der Waals surface area contributed by atoms with Crippen LogP contribution >= 0.6 is 0 Å². The van der Waals surface area contributed by atoms with E-state index in [2.05, 4.69) is 5.32 Å². The SMILES string of the molecule is NC1CCCN(C(=O)NCc2ccc(C(=O)O)cc2)C1. The lowest BCUT2D eigenvalue weighted by molar-refractivity contribution is 0.0697. The number of amides is 2. The maximum absolute atomic E-state index is 12.0. The number of benzene rings is 1. The molecule has 0 aromatic heterocycles. The Morgan fingerprint density at radius 2 is 2.05 bits per heavy atom. The van der Waals surface area contributed by atoms with E-state index in [0.29, 0.717) is 13.1 Å². The molecule has 1 fully saturated rings. The molecule has 6 heteroatoms. The molecule has 6 nitrogen and oxygen atoms in total. The van der Waals surface area contributed by atoms with Crippen LogP contribution < -0.4 is 11.1 Å². The largest absolute Gasteiger partial charge is 0.478 e. The number of carboxylic acids is 1. The van der Waals surface area contributed by atoms with E-state index in [0.717, 1.165) is 24.9 Å². The van der Waals surface area contributed by atoms with Crippen molar-refractivity contribution in [3.63, 3.8) is 0 Å². The fourth-order valence-electron chi connectivity index (χ4n) is 2.25. The zero-order valence-electron chi connectivity index (χ0n) is 11.2. The number of piperidine rings is 1. The van der Waals surface area contributed by atoms with E-state index in [1.807, 2.05) is 0 Å². The third kappa shape index (κ3) is 3.71. The van der Waals surface area contributed by atoms with Gasteiger partial charge < -0.3 is 21.1 Å². The molecule has 4 N–H and O–H groups in total. The third-order valence-electron chi connectivity index (χ3n) is 3.39. The van der Waals surface area contributed by atoms with Crippen LogP contribution in [0.4, 0.5) is 4.79 Å². The minimum atomic E-state index is -0.956. The van der Waals surface area contributed by atoms with Gasteiger partial charge in [0.25, 0.3) is 0 Å². The van der Waals surface area contributed by atoms with Crippen LogP contribution in [0, 0.1) is 0 Å². The molecule has 0 bridgehead atoms. The summed E-state index contributed by atoms with van der Waals surface area (Å²) in [6, 6.07) is 6.39. The molecule has 0 saturated carbocycles. The number of rotatable bonds is 3. The highest BCUT2D eigenvalue weighted by molar-refractivity contribution is 5.87. The molecule has 20 heavy (non-hydrogen) atoms. The number of hydrogen-bond donors (Lipinski definition) is 3. The monoisotopic (exact) mass is 277 g/mol. The molecule has 108 valence electrons. The van der Waals surface area contributed by atoms with Gasteiger partial charge >= 0.3 is 12.0 Å². The first kappa shape index (κ1) is 14.3. The molecule has 1 atom stereocenters. The Balaban J connectivity index is 1.85. The number of carbonyl (C=O) groups is 2. The van der Waals surface area contributed by atoms with Gasteiger partial charge in [0.1, 0.15) is 0 Å². The van der Waals surface area contributed by atoms with Gasteiger partial charge in [-0.05, 0) is 30.5 Å². The van der Waals surface area contributed by atoms with Crippen molar-refractivity contribution in [2.24, 2.45) is 5.73 Å². The quantitative estimate of drug-likeness (QED) is 0.768. The summed E-state index contributed by atoms with van der Waals surface area (Å²) in [6.45, 7) is 1.70. The van der Waals surface area contributed by atoms with Gasteiger partial charge in [0.2, 0.25) is 0 Å². The number of nitrogens with zero attached hydrogens (tertiary/aromatic N) is 1. The van der Waals surface area contributed by atoms with Gasteiger partial charge in [-0.15, -0.1) is 0 Å². The molecule has 0 radical (unpaired) electrons. The van der Waals surface area contributed by atoms with Gasteiger partial charge in [-0.25, -0.2) is 9.59 Å². The number of urea groups is 1. The zero-order chi connectivity index (χ0) is 14.5. The molecule has 1 unspecified atom stereocenters. The maximum atomic E-state index is 12.0. The Bertz CT molecular complexity index is 487. The second-order valence-corrected chi connectivity index (χ2v) is 5.01. The van der Waals surface area contributed by atoms with E-state index < -0.39 is 5.97 Å². The molecule has 0 spiro atoms. The standard InChI is InChI=1S/C14H19N3O3/c15-12-2-1-7-17(9-12)14(20)16-8-10-3-5-11(6-4-10)13(18)19/h3-6,12H,1-2,7-9,15H2,(H,16,20)(H,18,19). The number of carboxylic acid groups (broad SMARTS) is 1. The van der Waals surface area contributed by atoms with E-state index in [4.69, 9.17) is 10.8 Å². The summed E-state index contributed by atoms with van der Waals surface area (Å²) in [7, 11) is 0. The van der Waals surface area contributed by atoms with Crippen LogP contribution in [0.2, 0.25) is 0 Å². The van der Waals surface area contributed by atoms with Crippen LogP contribution in [-0.2, 0) is 6.54 Å². The van der Waals surface area contributed by atoms with Crippen LogP contribution in [0.15, 0.2) is 24.3 Å². The predicted octanol–water partition coefficient (Wildman–Crippen LogP) is 1.02. The Labute approximate surface area is 117 Å². The minimum absolute atomic E-state index is 0.0596. The van der Waals surface area contributed by atoms with Crippen molar-refractivity contribution in [3.8, 4) is 0 Å². The summed E-state index contributed by atoms with van der Waals surface area (Å²) in [6.07, 6.45) is 1.89. The van der Waals surface area contributed by atoms with Crippen molar-refractivity contribution in [2.45, 2.75) is 25.4 Å².